The van der Waals surface area contributed by atoms with Crippen LogP contribution in [0.15, 0.2) is 71.6 Å². The first-order valence-electron chi connectivity index (χ1n) is 12.8. The molecule has 3 aromatic rings. The van der Waals surface area contributed by atoms with Gasteiger partial charge in [0.05, 0.1) is 27.2 Å². The van der Waals surface area contributed by atoms with Crippen molar-refractivity contribution in [3.63, 3.8) is 0 Å². The molecule has 0 unspecified atom stereocenters. The Balaban J connectivity index is 1.72. The summed E-state index contributed by atoms with van der Waals surface area (Å²) < 4.78 is 75.4. The predicted molar refractivity (Wildman–Crippen MR) is 148 cm³/mol. The van der Waals surface area contributed by atoms with Gasteiger partial charge < -0.3 is 10.1 Å². The fraction of sp³-hybridized carbons (Fsp3) is 0.345. The number of sulfonamides is 1. The average molecular weight is 595 g/mol. The van der Waals surface area contributed by atoms with Crippen LogP contribution in [0, 0.1) is 6.92 Å². The van der Waals surface area contributed by atoms with Crippen molar-refractivity contribution in [2.75, 3.05) is 10.8 Å². The lowest BCUT2D eigenvalue weighted by molar-refractivity contribution is -0.137. The normalized spacial score (nSPS) is 16.5. The summed E-state index contributed by atoms with van der Waals surface area (Å²) in [6, 6.07) is 15.4. The molecular weight excluding hydrogens is 565 g/mol. The lowest BCUT2D eigenvalue weighted by Gasteiger charge is -2.41. The second kappa shape index (κ2) is 11.3. The van der Waals surface area contributed by atoms with Gasteiger partial charge in [0.25, 0.3) is 10.0 Å². The minimum atomic E-state index is -4.83. The molecular formula is C29H30ClF3N2O4S. The minimum Gasteiger partial charge on any atom is -0.487 e. The summed E-state index contributed by atoms with van der Waals surface area (Å²) in [4.78, 5) is 13.3. The lowest BCUT2D eigenvalue weighted by Crippen LogP contribution is -2.47. The van der Waals surface area contributed by atoms with Crippen molar-refractivity contribution >= 4 is 33.2 Å². The average Bonchev–Trinajstić information content (AvgIpc) is 2.91. The van der Waals surface area contributed by atoms with E-state index in [1.54, 1.807) is 19.1 Å². The van der Waals surface area contributed by atoms with Gasteiger partial charge in [0, 0.05) is 12.0 Å². The van der Waals surface area contributed by atoms with E-state index in [0.29, 0.717) is 35.4 Å². The van der Waals surface area contributed by atoms with Crippen molar-refractivity contribution in [2.45, 2.75) is 62.7 Å². The minimum absolute atomic E-state index is 0.165. The van der Waals surface area contributed by atoms with Gasteiger partial charge in [-0.3, -0.25) is 9.10 Å². The van der Waals surface area contributed by atoms with Gasteiger partial charge in [-0.2, -0.15) is 13.2 Å². The number of anilines is 1. The van der Waals surface area contributed by atoms with Gasteiger partial charge in [0.1, 0.15) is 17.9 Å². The maximum atomic E-state index is 13.7. The fourth-order valence-corrected chi connectivity index (χ4v) is 6.48. The summed E-state index contributed by atoms with van der Waals surface area (Å²) in [5.41, 5.74) is -0.533. The van der Waals surface area contributed by atoms with Gasteiger partial charge in [-0.25, -0.2) is 8.42 Å². The molecule has 0 saturated heterocycles. The molecule has 0 aliphatic carbocycles. The monoisotopic (exact) mass is 594 g/mol. The molecule has 1 N–H and O–H groups in total. The zero-order valence-electron chi connectivity index (χ0n) is 22.3. The molecule has 1 aliphatic heterocycles. The van der Waals surface area contributed by atoms with Crippen molar-refractivity contribution in [1.82, 2.24) is 5.32 Å². The van der Waals surface area contributed by atoms with Gasteiger partial charge >= 0.3 is 6.18 Å². The van der Waals surface area contributed by atoms with Crippen LogP contribution in [-0.2, 0) is 21.0 Å². The number of hydrogen-bond donors (Lipinski definition) is 1. The number of nitrogens with one attached hydrogen (secondary N) is 1. The summed E-state index contributed by atoms with van der Waals surface area (Å²) in [7, 11) is -4.44. The molecule has 0 fully saturated rings. The number of aryl methyl sites for hydroxylation is 1. The summed E-state index contributed by atoms with van der Waals surface area (Å²) in [5.74, 6) is -0.0543. The Morgan fingerprint density at radius 2 is 1.73 bits per heavy atom. The highest BCUT2D eigenvalue weighted by Crippen LogP contribution is 2.43. The molecule has 6 nitrogen and oxygen atoms in total. The number of nitrogens with zero attached hydrogens (tertiary/aromatic N) is 1. The third-order valence-electron chi connectivity index (χ3n) is 7.26. The molecule has 40 heavy (non-hydrogen) atoms. The van der Waals surface area contributed by atoms with E-state index in [-0.39, 0.29) is 10.6 Å². The van der Waals surface area contributed by atoms with Crippen molar-refractivity contribution in [2.24, 2.45) is 0 Å². The molecule has 3 aromatic carbocycles. The Morgan fingerprint density at radius 1 is 1.07 bits per heavy atom. The van der Waals surface area contributed by atoms with Crippen LogP contribution in [0.3, 0.4) is 0 Å². The number of amides is 1. The molecule has 1 amide bonds. The van der Waals surface area contributed by atoms with Crippen LogP contribution in [0.5, 0.6) is 5.75 Å². The van der Waals surface area contributed by atoms with E-state index in [9.17, 15) is 26.4 Å². The summed E-state index contributed by atoms with van der Waals surface area (Å²) in [6.45, 7) is 5.00. The fourth-order valence-electron chi connectivity index (χ4n) is 4.84. The quantitative estimate of drug-likeness (QED) is 0.303. The topological polar surface area (TPSA) is 75.7 Å². The number of halogens is 4. The summed E-state index contributed by atoms with van der Waals surface area (Å²) in [5, 5.41) is 2.33. The van der Waals surface area contributed by atoms with Gasteiger partial charge in [0.2, 0.25) is 5.91 Å². The van der Waals surface area contributed by atoms with Gasteiger partial charge in [0.15, 0.2) is 0 Å². The standard InChI is InChI=1S/C29H30ClF3N2O4S/c1-4-28(5-2)17-25(22-8-6-7-9-26(22)39-28)34-27(36)18-35(40(37,38)21-13-10-19(3)11-14-21)20-12-15-24(30)23(16-20)29(31,32)33/h6-16,25H,4-5,17-18H2,1-3H3,(H,34,36)/t25-/m0/s1. The van der Waals surface area contributed by atoms with E-state index < -0.39 is 50.9 Å². The molecule has 0 radical (unpaired) electrons. The van der Waals surface area contributed by atoms with Crippen LogP contribution in [0.25, 0.3) is 0 Å². The largest absolute Gasteiger partial charge is 0.487 e. The Bertz CT molecular complexity index is 1490. The number of benzene rings is 3. The van der Waals surface area contributed by atoms with Crippen molar-refractivity contribution in [3.05, 3.63) is 88.4 Å². The van der Waals surface area contributed by atoms with Crippen LogP contribution in [-0.4, -0.2) is 26.5 Å². The molecule has 1 aliphatic rings. The van der Waals surface area contributed by atoms with Crippen LogP contribution in [0.4, 0.5) is 18.9 Å². The highest BCUT2D eigenvalue weighted by molar-refractivity contribution is 7.92. The first-order chi connectivity index (χ1) is 18.8. The van der Waals surface area contributed by atoms with Crippen LogP contribution in [0.2, 0.25) is 5.02 Å². The highest BCUT2D eigenvalue weighted by Gasteiger charge is 2.40. The van der Waals surface area contributed by atoms with Crippen LogP contribution in [0.1, 0.15) is 55.8 Å². The number of rotatable bonds is 8. The molecule has 0 bridgehead atoms. The number of alkyl halides is 3. The summed E-state index contributed by atoms with van der Waals surface area (Å²) in [6.07, 6.45) is -3.01. The predicted octanol–water partition coefficient (Wildman–Crippen LogP) is 7.06. The van der Waals surface area contributed by atoms with E-state index >= 15 is 0 Å². The van der Waals surface area contributed by atoms with E-state index in [0.717, 1.165) is 23.3 Å². The molecule has 0 spiro atoms. The molecule has 0 aromatic heterocycles. The molecule has 4 rings (SSSR count). The maximum absolute atomic E-state index is 13.7. The van der Waals surface area contributed by atoms with Crippen LogP contribution >= 0.6 is 11.6 Å². The molecule has 1 atom stereocenters. The van der Waals surface area contributed by atoms with Crippen molar-refractivity contribution in [1.29, 1.82) is 0 Å². The number of para-hydroxylation sites is 1. The molecule has 0 saturated carbocycles. The number of carbonyl (C=O) groups is 1. The third kappa shape index (κ3) is 6.07. The smallest absolute Gasteiger partial charge is 0.417 e. The Morgan fingerprint density at radius 3 is 2.35 bits per heavy atom. The van der Waals surface area contributed by atoms with Gasteiger partial charge in [-0.1, -0.05) is 61.3 Å². The Hall–Kier alpha value is -3.24. The van der Waals surface area contributed by atoms with Gasteiger partial charge in [-0.05, 0) is 56.2 Å². The van der Waals surface area contributed by atoms with E-state index in [4.69, 9.17) is 16.3 Å². The number of ether oxygens (including phenoxy) is 1. The lowest BCUT2D eigenvalue weighted by atomic mass is 9.83. The highest BCUT2D eigenvalue weighted by atomic mass is 35.5. The first kappa shape index (κ1) is 29.7. The molecule has 11 heteroatoms. The Kier molecular flexibility index (Phi) is 8.42. The second-order valence-electron chi connectivity index (χ2n) is 9.84. The van der Waals surface area contributed by atoms with Crippen LogP contribution < -0.4 is 14.4 Å². The first-order valence-corrected chi connectivity index (χ1v) is 14.6. The Labute approximate surface area is 237 Å². The molecule has 214 valence electrons. The number of carbonyl (C=O) groups excluding carboxylic acids is 1. The zero-order valence-corrected chi connectivity index (χ0v) is 23.8. The van der Waals surface area contributed by atoms with E-state index in [1.165, 1.54) is 12.1 Å². The summed E-state index contributed by atoms with van der Waals surface area (Å²) >= 11 is 5.79. The molecule has 1 heterocycles. The second-order valence-corrected chi connectivity index (χ2v) is 12.1. The SMILES string of the molecule is CCC1(CC)C[C@H](NC(=O)CN(c2ccc(Cl)c(C(F)(F)F)c2)S(=O)(=O)c2ccc(C)cc2)c2ccccc2O1. The van der Waals surface area contributed by atoms with E-state index in [2.05, 4.69) is 5.32 Å². The number of hydrogen-bond acceptors (Lipinski definition) is 4. The maximum Gasteiger partial charge on any atom is 0.417 e. The van der Waals surface area contributed by atoms with Crippen molar-refractivity contribution in [3.8, 4) is 5.75 Å². The van der Waals surface area contributed by atoms with Gasteiger partial charge in [-0.15, -0.1) is 0 Å². The third-order valence-corrected chi connectivity index (χ3v) is 9.38. The van der Waals surface area contributed by atoms with Crippen molar-refractivity contribution < 1.29 is 31.1 Å². The van der Waals surface area contributed by atoms with E-state index in [1.807, 2.05) is 38.1 Å². The number of fused-ring (bicyclic) bond motifs is 1. The zero-order chi connectivity index (χ0) is 29.3.